The van der Waals surface area contributed by atoms with E-state index >= 15 is 0 Å². The van der Waals surface area contributed by atoms with Gasteiger partial charge in [0.15, 0.2) is 16.8 Å². The third-order valence-electron chi connectivity index (χ3n) is 4.94. The largest absolute Gasteiger partial charge is 0.455 e. The number of hydrogen-bond acceptors (Lipinski definition) is 6. The summed E-state index contributed by atoms with van der Waals surface area (Å²) in [5, 5.41) is 7.06. The molecule has 0 aliphatic rings. The van der Waals surface area contributed by atoms with Gasteiger partial charge in [-0.15, -0.1) is 0 Å². The third kappa shape index (κ3) is 3.99. The Balaban J connectivity index is 1.69. The molecule has 158 valence electrons. The van der Waals surface area contributed by atoms with E-state index in [9.17, 15) is 9.59 Å². The average molecular weight is 417 g/mol. The van der Waals surface area contributed by atoms with Gasteiger partial charge >= 0.3 is 0 Å². The molecule has 1 amide bonds. The minimum absolute atomic E-state index is 0.0937. The standard InChI is InChI=1S/C24H23N3O4/c1-14-19(28)16-11-8-12-17(21(16)30-20(14)15-9-6-5-7-10-15)22(29)25-13-18-26-23(31-27-18)24(2,3)4/h5-12H,13H2,1-4H3,(H,25,29). The van der Waals surface area contributed by atoms with Crippen LogP contribution in [-0.4, -0.2) is 16.0 Å². The highest BCUT2D eigenvalue weighted by atomic mass is 16.5. The Bertz CT molecular complexity index is 1310. The van der Waals surface area contributed by atoms with Crippen molar-refractivity contribution in [1.82, 2.24) is 15.5 Å². The maximum absolute atomic E-state index is 12.9. The molecule has 7 heteroatoms. The lowest BCUT2D eigenvalue weighted by Crippen LogP contribution is -2.24. The van der Waals surface area contributed by atoms with Crippen LogP contribution in [0.2, 0.25) is 0 Å². The van der Waals surface area contributed by atoms with Crippen molar-refractivity contribution in [3.05, 3.63) is 81.6 Å². The summed E-state index contributed by atoms with van der Waals surface area (Å²) in [6, 6.07) is 14.3. The number of nitrogens with zero attached hydrogens (tertiary/aromatic N) is 2. The van der Waals surface area contributed by atoms with Gasteiger partial charge in [-0.3, -0.25) is 9.59 Å². The minimum Gasteiger partial charge on any atom is -0.455 e. The SMILES string of the molecule is Cc1c(-c2ccccc2)oc2c(C(=O)NCc3noc(C(C)(C)C)n3)cccc2c1=O. The van der Waals surface area contributed by atoms with Crippen LogP contribution < -0.4 is 10.7 Å². The van der Waals surface area contributed by atoms with Crippen molar-refractivity contribution >= 4 is 16.9 Å². The van der Waals surface area contributed by atoms with Gasteiger partial charge in [0.2, 0.25) is 5.89 Å². The lowest BCUT2D eigenvalue weighted by Gasteiger charge is -2.11. The van der Waals surface area contributed by atoms with Crippen LogP contribution in [0.15, 0.2) is 62.3 Å². The minimum atomic E-state index is -0.390. The van der Waals surface area contributed by atoms with Crippen molar-refractivity contribution in [1.29, 1.82) is 0 Å². The smallest absolute Gasteiger partial charge is 0.255 e. The molecule has 0 aliphatic heterocycles. The van der Waals surface area contributed by atoms with Gasteiger partial charge < -0.3 is 14.3 Å². The zero-order valence-corrected chi connectivity index (χ0v) is 17.9. The molecular formula is C24H23N3O4. The molecule has 0 aliphatic carbocycles. The number of fused-ring (bicyclic) bond motifs is 1. The summed E-state index contributed by atoms with van der Waals surface area (Å²) in [7, 11) is 0. The number of nitrogens with one attached hydrogen (secondary N) is 1. The number of amides is 1. The molecule has 0 fully saturated rings. The monoisotopic (exact) mass is 417 g/mol. The highest BCUT2D eigenvalue weighted by Gasteiger charge is 2.22. The maximum Gasteiger partial charge on any atom is 0.255 e. The van der Waals surface area contributed by atoms with Gasteiger partial charge in [0.25, 0.3) is 5.91 Å². The van der Waals surface area contributed by atoms with Crippen molar-refractivity contribution in [2.24, 2.45) is 0 Å². The first-order chi connectivity index (χ1) is 14.8. The molecule has 0 saturated carbocycles. The van der Waals surface area contributed by atoms with Crippen molar-refractivity contribution in [2.45, 2.75) is 39.7 Å². The van der Waals surface area contributed by atoms with E-state index < -0.39 is 5.91 Å². The van der Waals surface area contributed by atoms with Crippen molar-refractivity contribution in [3.63, 3.8) is 0 Å². The number of benzene rings is 2. The molecule has 0 unspecified atom stereocenters. The van der Waals surface area contributed by atoms with E-state index in [0.717, 1.165) is 5.56 Å². The summed E-state index contributed by atoms with van der Waals surface area (Å²) in [4.78, 5) is 30.2. The molecule has 4 rings (SSSR count). The lowest BCUT2D eigenvalue weighted by molar-refractivity contribution is 0.0950. The van der Waals surface area contributed by atoms with Crippen LogP contribution >= 0.6 is 0 Å². The number of rotatable bonds is 4. The molecule has 1 N–H and O–H groups in total. The number of para-hydroxylation sites is 1. The third-order valence-corrected chi connectivity index (χ3v) is 4.94. The summed E-state index contributed by atoms with van der Waals surface area (Å²) in [6.07, 6.45) is 0. The summed E-state index contributed by atoms with van der Waals surface area (Å²) in [6.45, 7) is 7.72. The Hall–Kier alpha value is -3.74. The highest BCUT2D eigenvalue weighted by molar-refractivity contribution is 6.05. The van der Waals surface area contributed by atoms with Gasteiger partial charge in [-0.05, 0) is 19.1 Å². The molecule has 0 saturated heterocycles. The molecular weight excluding hydrogens is 394 g/mol. The predicted octanol–water partition coefficient (Wildman–Crippen LogP) is 4.38. The molecule has 0 bridgehead atoms. The molecule has 7 nitrogen and oxygen atoms in total. The Morgan fingerprint density at radius 1 is 1.06 bits per heavy atom. The molecule has 31 heavy (non-hydrogen) atoms. The number of carbonyl (C=O) groups is 1. The fourth-order valence-corrected chi connectivity index (χ4v) is 3.24. The lowest BCUT2D eigenvalue weighted by atomic mass is 9.97. The Morgan fingerprint density at radius 2 is 1.81 bits per heavy atom. The van der Waals surface area contributed by atoms with E-state index in [4.69, 9.17) is 8.94 Å². The van der Waals surface area contributed by atoms with Crippen molar-refractivity contribution in [2.75, 3.05) is 0 Å². The first-order valence-electron chi connectivity index (χ1n) is 9.99. The van der Waals surface area contributed by atoms with E-state index in [-0.39, 0.29) is 28.5 Å². The van der Waals surface area contributed by atoms with Crippen LogP contribution in [0.5, 0.6) is 0 Å². The average Bonchev–Trinajstić information content (AvgIpc) is 3.24. The maximum atomic E-state index is 12.9. The molecule has 2 aromatic heterocycles. The highest BCUT2D eigenvalue weighted by Crippen LogP contribution is 2.27. The Morgan fingerprint density at radius 3 is 2.48 bits per heavy atom. The second-order valence-corrected chi connectivity index (χ2v) is 8.38. The molecule has 2 aromatic carbocycles. The number of hydrogen-bond donors (Lipinski definition) is 1. The quantitative estimate of drug-likeness (QED) is 0.529. The van der Waals surface area contributed by atoms with E-state index in [0.29, 0.717) is 28.4 Å². The van der Waals surface area contributed by atoms with Gasteiger partial charge in [-0.1, -0.05) is 62.3 Å². The molecule has 0 spiro atoms. The van der Waals surface area contributed by atoms with Crippen molar-refractivity contribution < 1.29 is 13.7 Å². The second-order valence-electron chi connectivity index (χ2n) is 8.38. The summed E-state index contributed by atoms with van der Waals surface area (Å²) < 4.78 is 11.4. The van der Waals surface area contributed by atoms with E-state index in [1.54, 1.807) is 25.1 Å². The topological polar surface area (TPSA) is 98.2 Å². The fourth-order valence-electron chi connectivity index (χ4n) is 3.24. The van der Waals surface area contributed by atoms with Crippen LogP contribution in [0.3, 0.4) is 0 Å². The Labute approximate surface area is 179 Å². The van der Waals surface area contributed by atoms with Gasteiger partial charge in [0.05, 0.1) is 17.5 Å². The van der Waals surface area contributed by atoms with E-state index in [1.807, 2.05) is 51.1 Å². The zero-order valence-electron chi connectivity index (χ0n) is 17.9. The zero-order chi connectivity index (χ0) is 22.2. The van der Waals surface area contributed by atoms with Crippen LogP contribution in [0.25, 0.3) is 22.3 Å². The van der Waals surface area contributed by atoms with Crippen molar-refractivity contribution in [3.8, 4) is 11.3 Å². The second kappa shape index (κ2) is 7.83. The van der Waals surface area contributed by atoms with E-state index in [1.165, 1.54) is 0 Å². The van der Waals surface area contributed by atoms with Gasteiger partial charge in [-0.2, -0.15) is 4.98 Å². The van der Waals surface area contributed by atoms with Gasteiger partial charge in [0.1, 0.15) is 5.76 Å². The van der Waals surface area contributed by atoms with Crippen LogP contribution in [0.4, 0.5) is 0 Å². The fraction of sp³-hybridized carbons (Fsp3) is 0.250. The summed E-state index contributed by atoms with van der Waals surface area (Å²) in [5.74, 6) is 0.932. The van der Waals surface area contributed by atoms with Crippen LogP contribution in [0, 0.1) is 6.92 Å². The van der Waals surface area contributed by atoms with Gasteiger partial charge in [0, 0.05) is 16.5 Å². The van der Waals surface area contributed by atoms with E-state index in [2.05, 4.69) is 15.5 Å². The van der Waals surface area contributed by atoms with Crippen LogP contribution in [-0.2, 0) is 12.0 Å². The molecule has 0 atom stereocenters. The summed E-state index contributed by atoms with van der Waals surface area (Å²) >= 11 is 0. The molecule has 4 aromatic rings. The first-order valence-corrected chi connectivity index (χ1v) is 9.99. The first kappa shape index (κ1) is 20.5. The molecule has 0 radical (unpaired) electrons. The molecule has 2 heterocycles. The van der Waals surface area contributed by atoms with Crippen LogP contribution in [0.1, 0.15) is 48.4 Å². The normalized spacial score (nSPS) is 11.6. The van der Waals surface area contributed by atoms with Gasteiger partial charge in [-0.25, -0.2) is 0 Å². The predicted molar refractivity (Wildman–Crippen MR) is 117 cm³/mol. The number of aromatic nitrogens is 2. The summed E-state index contributed by atoms with van der Waals surface area (Å²) in [5.41, 5.74) is 1.35. The Kier molecular flexibility index (Phi) is 5.19. The number of carbonyl (C=O) groups excluding carboxylic acids is 1.